The highest BCUT2D eigenvalue weighted by Gasteiger charge is 2.27. The van der Waals surface area contributed by atoms with Crippen LogP contribution in [0, 0.1) is 0 Å². The summed E-state index contributed by atoms with van der Waals surface area (Å²) >= 11 is 6.90. The lowest BCUT2D eigenvalue weighted by Crippen LogP contribution is -2.27. The number of nitrogens with zero attached hydrogens (tertiary/aromatic N) is 1. The van der Waals surface area contributed by atoms with Crippen LogP contribution in [0.2, 0.25) is 0 Å². The second-order valence-electron chi connectivity index (χ2n) is 6.22. The molecular formula is C24H23NS2. The number of thioether (sulfide) groups is 1. The van der Waals surface area contributed by atoms with Gasteiger partial charge in [0, 0.05) is 21.7 Å². The number of hydrogen-bond acceptors (Lipinski definition) is 3. The van der Waals surface area contributed by atoms with E-state index in [9.17, 15) is 0 Å². The number of para-hydroxylation sites is 1. The molecule has 1 heterocycles. The van der Waals surface area contributed by atoms with E-state index in [1.165, 1.54) is 27.4 Å². The first kappa shape index (κ1) is 19.4. The van der Waals surface area contributed by atoms with Crippen LogP contribution in [0.4, 0.5) is 5.69 Å². The van der Waals surface area contributed by atoms with Gasteiger partial charge in [-0.3, -0.25) is 0 Å². The third-order valence-electron chi connectivity index (χ3n) is 4.45. The molecule has 1 aliphatic rings. The monoisotopic (exact) mass is 389 g/mol. The van der Waals surface area contributed by atoms with Crippen molar-refractivity contribution >= 4 is 35.0 Å². The Labute approximate surface area is 171 Å². The third kappa shape index (κ3) is 4.88. The molecule has 0 aromatic heterocycles. The van der Waals surface area contributed by atoms with E-state index in [1.54, 1.807) is 0 Å². The van der Waals surface area contributed by atoms with Gasteiger partial charge in [0.25, 0.3) is 0 Å². The molecular weight excluding hydrogens is 366 g/mol. The van der Waals surface area contributed by atoms with Crippen molar-refractivity contribution in [2.24, 2.45) is 0 Å². The first-order valence-corrected chi connectivity index (χ1v) is 10.3. The standard InChI is InChI=1S/C12H13NS2.C12H10/c1-9-10(2)15-12(8-14)13(9)11-6-4-3-5-7-11;1-3-7-11(8-4-1)12-9-5-2-6-10-12/h3-8,12H,1-2H3;1-10H. The van der Waals surface area contributed by atoms with Gasteiger partial charge in [-0.1, -0.05) is 103 Å². The maximum atomic E-state index is 5.08. The summed E-state index contributed by atoms with van der Waals surface area (Å²) < 4.78 is 0. The highest BCUT2D eigenvalue weighted by molar-refractivity contribution is 8.05. The van der Waals surface area contributed by atoms with Crippen molar-refractivity contribution in [2.45, 2.75) is 19.2 Å². The molecule has 0 saturated heterocycles. The molecule has 1 nitrogen and oxygen atoms in total. The lowest BCUT2D eigenvalue weighted by Gasteiger charge is -2.24. The average molecular weight is 390 g/mol. The molecule has 0 aliphatic carbocycles. The summed E-state index contributed by atoms with van der Waals surface area (Å²) in [5.41, 5.74) is 5.07. The molecule has 0 amide bonds. The maximum Gasteiger partial charge on any atom is 0.113 e. The van der Waals surface area contributed by atoms with Gasteiger partial charge in [0.05, 0.1) is 0 Å². The normalized spacial score (nSPS) is 15.9. The van der Waals surface area contributed by atoms with Gasteiger partial charge in [-0.2, -0.15) is 0 Å². The molecule has 3 heteroatoms. The largest absolute Gasteiger partial charge is 0.327 e. The van der Waals surface area contributed by atoms with Crippen LogP contribution in [-0.4, -0.2) is 10.7 Å². The SMILES string of the molecule is CC1=C(C)N(c2ccccc2)C(C=S)S1.c1ccc(-c2ccccc2)cc1. The number of benzene rings is 3. The maximum absolute atomic E-state index is 5.08. The van der Waals surface area contributed by atoms with E-state index in [0.717, 1.165) is 0 Å². The Bertz CT molecular complexity index is 852. The Balaban J connectivity index is 0.000000159. The average Bonchev–Trinajstić information content (AvgIpc) is 3.04. The predicted octanol–water partition coefficient (Wildman–Crippen LogP) is 7.17. The molecule has 0 spiro atoms. The van der Waals surface area contributed by atoms with E-state index in [2.05, 4.69) is 91.5 Å². The molecule has 3 aromatic carbocycles. The number of hydrogen-bond donors (Lipinski definition) is 0. The Morgan fingerprint density at radius 2 is 1.19 bits per heavy atom. The van der Waals surface area contributed by atoms with Crippen molar-refractivity contribution < 1.29 is 0 Å². The van der Waals surface area contributed by atoms with Gasteiger partial charge in [-0.25, -0.2) is 0 Å². The molecule has 0 radical (unpaired) electrons. The van der Waals surface area contributed by atoms with E-state index >= 15 is 0 Å². The molecule has 27 heavy (non-hydrogen) atoms. The Morgan fingerprint density at radius 3 is 1.63 bits per heavy atom. The number of anilines is 1. The smallest absolute Gasteiger partial charge is 0.113 e. The zero-order chi connectivity index (χ0) is 19.1. The predicted molar refractivity (Wildman–Crippen MR) is 124 cm³/mol. The van der Waals surface area contributed by atoms with Crippen LogP contribution in [0.5, 0.6) is 0 Å². The molecule has 1 aliphatic heterocycles. The summed E-state index contributed by atoms with van der Waals surface area (Å²) in [6.45, 7) is 4.29. The first-order valence-electron chi connectivity index (χ1n) is 8.95. The van der Waals surface area contributed by atoms with E-state index in [1.807, 2.05) is 35.3 Å². The molecule has 0 N–H and O–H groups in total. The first-order chi connectivity index (χ1) is 13.2. The van der Waals surface area contributed by atoms with Gasteiger partial charge >= 0.3 is 0 Å². The van der Waals surface area contributed by atoms with Gasteiger partial charge in [-0.05, 0) is 37.1 Å². The Hall–Kier alpha value is -2.36. The van der Waals surface area contributed by atoms with Crippen LogP contribution in [0.15, 0.2) is 102 Å². The van der Waals surface area contributed by atoms with Gasteiger partial charge < -0.3 is 4.90 Å². The van der Waals surface area contributed by atoms with E-state index in [-0.39, 0.29) is 5.37 Å². The molecule has 0 fully saturated rings. The van der Waals surface area contributed by atoms with Crippen LogP contribution < -0.4 is 4.90 Å². The highest BCUT2D eigenvalue weighted by atomic mass is 32.2. The van der Waals surface area contributed by atoms with E-state index in [0.29, 0.717) is 0 Å². The molecule has 4 rings (SSSR count). The Kier molecular flexibility index (Phi) is 6.86. The Morgan fingerprint density at radius 1 is 0.741 bits per heavy atom. The molecule has 1 unspecified atom stereocenters. The highest BCUT2D eigenvalue weighted by Crippen LogP contribution is 2.39. The van der Waals surface area contributed by atoms with Crippen molar-refractivity contribution in [1.82, 2.24) is 0 Å². The molecule has 1 atom stereocenters. The second kappa shape index (κ2) is 9.54. The van der Waals surface area contributed by atoms with Crippen LogP contribution in [-0.2, 0) is 0 Å². The molecule has 3 aromatic rings. The minimum atomic E-state index is 0.266. The molecule has 0 saturated carbocycles. The topological polar surface area (TPSA) is 3.24 Å². The van der Waals surface area contributed by atoms with Crippen molar-refractivity contribution in [1.29, 1.82) is 0 Å². The summed E-state index contributed by atoms with van der Waals surface area (Å²) in [6, 6.07) is 31.2. The zero-order valence-corrected chi connectivity index (χ0v) is 17.2. The van der Waals surface area contributed by atoms with Crippen molar-refractivity contribution in [3.63, 3.8) is 0 Å². The van der Waals surface area contributed by atoms with Crippen LogP contribution in [0.3, 0.4) is 0 Å². The van der Waals surface area contributed by atoms with E-state index < -0.39 is 0 Å². The summed E-state index contributed by atoms with van der Waals surface area (Å²) in [6.07, 6.45) is 0. The fraction of sp³-hybridized carbons (Fsp3) is 0.125. The summed E-state index contributed by atoms with van der Waals surface area (Å²) in [5, 5.41) is 2.10. The van der Waals surface area contributed by atoms with Gasteiger partial charge in [0.1, 0.15) is 5.37 Å². The van der Waals surface area contributed by atoms with Crippen molar-refractivity contribution in [3.05, 3.63) is 102 Å². The lowest BCUT2D eigenvalue weighted by atomic mass is 10.1. The van der Waals surface area contributed by atoms with Crippen LogP contribution in [0.25, 0.3) is 11.1 Å². The third-order valence-corrected chi connectivity index (χ3v) is 6.12. The molecule has 0 bridgehead atoms. The van der Waals surface area contributed by atoms with Crippen molar-refractivity contribution in [3.8, 4) is 11.1 Å². The number of thiocarbonyl (C=S) groups is 1. The van der Waals surface area contributed by atoms with Crippen LogP contribution >= 0.6 is 24.0 Å². The number of rotatable bonds is 3. The van der Waals surface area contributed by atoms with Crippen LogP contribution in [0.1, 0.15) is 13.8 Å². The summed E-state index contributed by atoms with van der Waals surface area (Å²) in [7, 11) is 0. The quantitative estimate of drug-likeness (QED) is 0.437. The fourth-order valence-corrected chi connectivity index (χ4v) is 4.32. The van der Waals surface area contributed by atoms with Gasteiger partial charge in [-0.15, -0.1) is 0 Å². The minimum absolute atomic E-state index is 0.266. The fourth-order valence-electron chi connectivity index (χ4n) is 2.96. The summed E-state index contributed by atoms with van der Waals surface area (Å²) in [5.74, 6) is 0. The van der Waals surface area contributed by atoms with Crippen molar-refractivity contribution in [2.75, 3.05) is 4.90 Å². The lowest BCUT2D eigenvalue weighted by molar-refractivity contribution is 1.02. The molecule has 136 valence electrons. The van der Waals surface area contributed by atoms with E-state index in [4.69, 9.17) is 12.2 Å². The summed E-state index contributed by atoms with van der Waals surface area (Å²) in [4.78, 5) is 3.64. The second-order valence-corrected chi connectivity index (χ2v) is 7.83. The van der Waals surface area contributed by atoms with Gasteiger partial charge in [0.15, 0.2) is 0 Å². The number of allylic oxidation sites excluding steroid dienone is 2. The zero-order valence-electron chi connectivity index (χ0n) is 15.6. The minimum Gasteiger partial charge on any atom is -0.327 e. The van der Waals surface area contributed by atoms with Gasteiger partial charge in [0.2, 0.25) is 0 Å².